The van der Waals surface area contributed by atoms with Crippen molar-refractivity contribution < 1.29 is 4.39 Å². The standard InChI is InChI=1S/C19H22FN/c1-14(21-13-15-6-10-19(20)11-7-15)17-9-8-16-4-2-3-5-18(16)12-17/h6-12,14,21H,2-5,13H2,1H3. The lowest BCUT2D eigenvalue weighted by molar-refractivity contribution is 0.570. The molecule has 2 aromatic rings. The summed E-state index contributed by atoms with van der Waals surface area (Å²) in [5, 5.41) is 3.52. The van der Waals surface area contributed by atoms with Crippen molar-refractivity contribution >= 4 is 0 Å². The SMILES string of the molecule is CC(NCc1ccc(F)cc1)c1ccc2c(c1)CCCC2. The summed E-state index contributed by atoms with van der Waals surface area (Å²) in [5.74, 6) is -0.179. The van der Waals surface area contributed by atoms with Crippen molar-refractivity contribution in [3.05, 3.63) is 70.5 Å². The quantitative estimate of drug-likeness (QED) is 0.867. The molecule has 0 amide bonds. The van der Waals surface area contributed by atoms with Gasteiger partial charge < -0.3 is 5.32 Å². The summed E-state index contributed by atoms with van der Waals surface area (Å²) < 4.78 is 12.9. The molecule has 2 heteroatoms. The van der Waals surface area contributed by atoms with Gasteiger partial charge in [-0.25, -0.2) is 4.39 Å². The molecule has 0 fully saturated rings. The maximum atomic E-state index is 12.9. The van der Waals surface area contributed by atoms with Crippen molar-refractivity contribution in [2.75, 3.05) is 0 Å². The van der Waals surface area contributed by atoms with Crippen molar-refractivity contribution in [2.45, 2.75) is 45.2 Å². The van der Waals surface area contributed by atoms with Crippen LogP contribution in [0.15, 0.2) is 42.5 Å². The molecule has 0 spiro atoms. The number of rotatable bonds is 4. The minimum Gasteiger partial charge on any atom is -0.306 e. The molecule has 0 radical (unpaired) electrons. The Morgan fingerprint density at radius 2 is 1.71 bits per heavy atom. The summed E-state index contributed by atoms with van der Waals surface area (Å²) in [6.45, 7) is 2.95. The van der Waals surface area contributed by atoms with Gasteiger partial charge in [-0.3, -0.25) is 0 Å². The average molecular weight is 283 g/mol. The fraction of sp³-hybridized carbons (Fsp3) is 0.368. The minimum atomic E-state index is -0.179. The van der Waals surface area contributed by atoms with Gasteiger partial charge in [-0.2, -0.15) is 0 Å². The van der Waals surface area contributed by atoms with Crippen LogP contribution in [0, 0.1) is 5.82 Å². The van der Waals surface area contributed by atoms with E-state index in [1.54, 1.807) is 0 Å². The molecule has 1 aliphatic rings. The zero-order valence-corrected chi connectivity index (χ0v) is 12.5. The molecule has 3 rings (SSSR count). The zero-order chi connectivity index (χ0) is 14.7. The van der Waals surface area contributed by atoms with E-state index in [1.807, 2.05) is 12.1 Å². The summed E-state index contributed by atoms with van der Waals surface area (Å²) in [4.78, 5) is 0. The van der Waals surface area contributed by atoms with Gasteiger partial charge in [-0.1, -0.05) is 30.3 Å². The Morgan fingerprint density at radius 3 is 2.48 bits per heavy atom. The van der Waals surface area contributed by atoms with Gasteiger partial charge in [0.1, 0.15) is 5.82 Å². The molecule has 0 saturated carbocycles. The van der Waals surface area contributed by atoms with Crippen LogP contribution in [0.4, 0.5) is 4.39 Å². The number of hydrogen-bond donors (Lipinski definition) is 1. The predicted molar refractivity (Wildman–Crippen MR) is 84.7 cm³/mol. The normalized spacial score (nSPS) is 15.5. The first kappa shape index (κ1) is 14.3. The second-order valence-electron chi connectivity index (χ2n) is 5.96. The van der Waals surface area contributed by atoms with Gasteiger partial charge in [0, 0.05) is 12.6 Å². The highest BCUT2D eigenvalue weighted by atomic mass is 19.1. The molecular formula is C19H22FN. The highest BCUT2D eigenvalue weighted by molar-refractivity contribution is 5.35. The molecule has 0 aromatic heterocycles. The summed E-state index contributed by atoms with van der Waals surface area (Å²) in [6.07, 6.45) is 5.08. The zero-order valence-electron chi connectivity index (χ0n) is 12.5. The largest absolute Gasteiger partial charge is 0.306 e. The summed E-state index contributed by atoms with van der Waals surface area (Å²) >= 11 is 0. The van der Waals surface area contributed by atoms with Gasteiger partial charge in [0.2, 0.25) is 0 Å². The summed E-state index contributed by atoms with van der Waals surface area (Å²) in [7, 11) is 0. The number of halogens is 1. The van der Waals surface area contributed by atoms with E-state index in [9.17, 15) is 4.39 Å². The fourth-order valence-corrected chi connectivity index (χ4v) is 3.01. The Kier molecular flexibility index (Phi) is 4.35. The molecule has 1 unspecified atom stereocenters. The lowest BCUT2D eigenvalue weighted by Gasteiger charge is -2.20. The van der Waals surface area contributed by atoms with Crippen LogP contribution in [0.2, 0.25) is 0 Å². The van der Waals surface area contributed by atoms with E-state index in [0.29, 0.717) is 6.04 Å². The molecule has 1 N–H and O–H groups in total. The fourth-order valence-electron chi connectivity index (χ4n) is 3.01. The minimum absolute atomic E-state index is 0.179. The maximum Gasteiger partial charge on any atom is 0.123 e. The van der Waals surface area contributed by atoms with Gasteiger partial charge in [0.15, 0.2) is 0 Å². The van der Waals surface area contributed by atoms with Crippen LogP contribution >= 0.6 is 0 Å². The molecule has 110 valence electrons. The molecule has 0 bridgehead atoms. The van der Waals surface area contributed by atoms with Gasteiger partial charge in [-0.05, 0) is 67.0 Å². The second kappa shape index (κ2) is 6.40. The molecule has 0 saturated heterocycles. The highest BCUT2D eigenvalue weighted by Gasteiger charge is 2.12. The number of nitrogens with one attached hydrogen (secondary N) is 1. The Balaban J connectivity index is 1.65. The lowest BCUT2D eigenvalue weighted by atomic mass is 9.89. The number of fused-ring (bicyclic) bond motifs is 1. The third kappa shape index (κ3) is 3.51. The van der Waals surface area contributed by atoms with Crippen LogP contribution in [0.25, 0.3) is 0 Å². The van der Waals surface area contributed by atoms with E-state index in [1.165, 1.54) is 54.5 Å². The van der Waals surface area contributed by atoms with E-state index < -0.39 is 0 Å². The van der Waals surface area contributed by atoms with Crippen molar-refractivity contribution in [1.82, 2.24) is 5.32 Å². The Hall–Kier alpha value is -1.67. The van der Waals surface area contributed by atoms with Gasteiger partial charge >= 0.3 is 0 Å². The topological polar surface area (TPSA) is 12.0 Å². The first-order valence-corrected chi connectivity index (χ1v) is 7.82. The Morgan fingerprint density at radius 1 is 1.00 bits per heavy atom. The Bertz CT molecular complexity index is 603. The predicted octanol–water partition coefficient (Wildman–Crippen LogP) is 4.56. The van der Waals surface area contributed by atoms with Crippen LogP contribution in [0.1, 0.15) is 48.1 Å². The molecule has 21 heavy (non-hydrogen) atoms. The molecule has 2 aromatic carbocycles. The monoisotopic (exact) mass is 283 g/mol. The maximum absolute atomic E-state index is 12.9. The van der Waals surface area contributed by atoms with E-state index in [-0.39, 0.29) is 5.82 Å². The second-order valence-corrected chi connectivity index (χ2v) is 5.96. The van der Waals surface area contributed by atoms with Crippen molar-refractivity contribution in [3.8, 4) is 0 Å². The first-order chi connectivity index (χ1) is 10.2. The van der Waals surface area contributed by atoms with Gasteiger partial charge in [0.05, 0.1) is 0 Å². The Labute approximate surface area is 126 Å². The number of benzene rings is 2. The van der Waals surface area contributed by atoms with Crippen LogP contribution in [-0.2, 0) is 19.4 Å². The smallest absolute Gasteiger partial charge is 0.123 e. The van der Waals surface area contributed by atoms with Gasteiger partial charge in [0.25, 0.3) is 0 Å². The molecule has 1 aliphatic carbocycles. The lowest BCUT2D eigenvalue weighted by Crippen LogP contribution is -2.18. The average Bonchev–Trinajstić information content (AvgIpc) is 2.53. The highest BCUT2D eigenvalue weighted by Crippen LogP contribution is 2.24. The van der Waals surface area contributed by atoms with Crippen molar-refractivity contribution in [3.63, 3.8) is 0 Å². The van der Waals surface area contributed by atoms with Crippen LogP contribution in [0.5, 0.6) is 0 Å². The van der Waals surface area contributed by atoms with Gasteiger partial charge in [-0.15, -0.1) is 0 Å². The number of hydrogen-bond acceptors (Lipinski definition) is 1. The molecule has 0 aliphatic heterocycles. The third-order valence-electron chi connectivity index (χ3n) is 4.40. The van der Waals surface area contributed by atoms with E-state index in [2.05, 4.69) is 30.4 Å². The van der Waals surface area contributed by atoms with E-state index in [0.717, 1.165) is 12.1 Å². The van der Waals surface area contributed by atoms with E-state index >= 15 is 0 Å². The number of aryl methyl sites for hydroxylation is 2. The van der Waals surface area contributed by atoms with Crippen molar-refractivity contribution in [2.24, 2.45) is 0 Å². The van der Waals surface area contributed by atoms with Crippen LogP contribution < -0.4 is 5.32 Å². The van der Waals surface area contributed by atoms with Crippen LogP contribution in [0.3, 0.4) is 0 Å². The molecule has 1 nitrogen and oxygen atoms in total. The summed E-state index contributed by atoms with van der Waals surface area (Å²) in [5.41, 5.74) is 5.50. The van der Waals surface area contributed by atoms with E-state index in [4.69, 9.17) is 0 Å². The molecule has 1 atom stereocenters. The van der Waals surface area contributed by atoms with Crippen LogP contribution in [-0.4, -0.2) is 0 Å². The first-order valence-electron chi connectivity index (χ1n) is 7.82. The third-order valence-corrected chi connectivity index (χ3v) is 4.40. The van der Waals surface area contributed by atoms with Crippen molar-refractivity contribution in [1.29, 1.82) is 0 Å². The molecular weight excluding hydrogens is 261 g/mol. The molecule has 0 heterocycles. The summed E-state index contributed by atoms with van der Waals surface area (Å²) in [6, 6.07) is 13.9.